The fraction of sp³-hybridized carbons (Fsp3) is 0.143. The maximum atomic E-state index is 13.3. The zero-order valence-electron chi connectivity index (χ0n) is 15.9. The number of carbonyl (C=O) groups excluding carboxylic acids is 2. The third-order valence-corrected chi connectivity index (χ3v) is 8.09. The Labute approximate surface area is 181 Å². The molecule has 4 rings (SSSR count). The number of rotatable bonds is 6. The number of sulfonamides is 1. The molecule has 0 bridgehead atoms. The Morgan fingerprint density at radius 1 is 0.968 bits per heavy atom. The maximum Gasteiger partial charge on any atom is 0.253 e. The lowest BCUT2D eigenvalue weighted by Crippen LogP contribution is -2.44. The van der Waals surface area contributed by atoms with Crippen LogP contribution in [0.4, 0.5) is 14.5 Å². The number of amides is 2. The van der Waals surface area contributed by atoms with Gasteiger partial charge in [-0.15, -0.1) is 11.3 Å². The van der Waals surface area contributed by atoms with Crippen LogP contribution in [0.1, 0.15) is 12.0 Å². The molecule has 1 aliphatic rings. The molecule has 2 aromatic carbocycles. The van der Waals surface area contributed by atoms with Crippen LogP contribution in [0.3, 0.4) is 0 Å². The van der Waals surface area contributed by atoms with Gasteiger partial charge in [-0.2, -0.15) is 4.31 Å². The fourth-order valence-electron chi connectivity index (χ4n) is 3.36. The molecule has 1 atom stereocenters. The van der Waals surface area contributed by atoms with Crippen LogP contribution >= 0.6 is 11.3 Å². The van der Waals surface area contributed by atoms with Crippen molar-refractivity contribution in [1.82, 2.24) is 4.31 Å². The minimum absolute atomic E-state index is 0.0232. The van der Waals surface area contributed by atoms with E-state index in [4.69, 9.17) is 0 Å². The van der Waals surface area contributed by atoms with Crippen LogP contribution in [0.5, 0.6) is 0 Å². The SMILES string of the molecule is O=C1CC(N(Cc2ccc(F)cc2)S(=O)(=O)c2cccs2)C(=O)N1c1ccc(F)cc1. The van der Waals surface area contributed by atoms with Crippen LogP contribution in [-0.2, 0) is 26.2 Å². The monoisotopic (exact) mass is 462 g/mol. The summed E-state index contributed by atoms with van der Waals surface area (Å²) in [7, 11) is -4.12. The first-order valence-corrected chi connectivity index (χ1v) is 11.5. The summed E-state index contributed by atoms with van der Waals surface area (Å²) >= 11 is 0.990. The van der Waals surface area contributed by atoms with Gasteiger partial charge in [0.15, 0.2) is 0 Å². The van der Waals surface area contributed by atoms with Crippen LogP contribution in [0.15, 0.2) is 70.3 Å². The molecule has 1 aliphatic heterocycles. The zero-order valence-corrected chi connectivity index (χ0v) is 17.6. The molecule has 0 N–H and O–H groups in total. The zero-order chi connectivity index (χ0) is 22.2. The molecule has 10 heteroatoms. The molecule has 31 heavy (non-hydrogen) atoms. The third kappa shape index (κ3) is 4.14. The summed E-state index contributed by atoms with van der Waals surface area (Å²) in [6.45, 7) is -0.221. The number of thiophene rings is 1. The van der Waals surface area contributed by atoms with E-state index in [0.717, 1.165) is 32.7 Å². The number of carbonyl (C=O) groups is 2. The number of imide groups is 1. The van der Waals surface area contributed by atoms with Crippen molar-refractivity contribution in [2.45, 2.75) is 23.2 Å². The summed E-state index contributed by atoms with van der Waals surface area (Å²) in [6.07, 6.45) is -0.359. The van der Waals surface area contributed by atoms with Gasteiger partial charge in [0.2, 0.25) is 5.91 Å². The molecule has 3 aromatic rings. The Bertz CT molecular complexity index is 1210. The lowest BCUT2D eigenvalue weighted by molar-refractivity contribution is -0.122. The van der Waals surface area contributed by atoms with E-state index in [1.54, 1.807) is 11.4 Å². The van der Waals surface area contributed by atoms with E-state index in [9.17, 15) is 26.8 Å². The predicted molar refractivity (Wildman–Crippen MR) is 111 cm³/mol. The molecule has 1 unspecified atom stereocenters. The Kier molecular flexibility index (Phi) is 5.69. The topological polar surface area (TPSA) is 74.8 Å². The van der Waals surface area contributed by atoms with Gasteiger partial charge in [-0.1, -0.05) is 18.2 Å². The van der Waals surface area contributed by atoms with Crippen molar-refractivity contribution in [1.29, 1.82) is 0 Å². The van der Waals surface area contributed by atoms with Gasteiger partial charge in [-0.3, -0.25) is 9.59 Å². The van der Waals surface area contributed by atoms with Gasteiger partial charge in [0.1, 0.15) is 21.9 Å². The average Bonchev–Trinajstić information content (AvgIpc) is 3.37. The lowest BCUT2D eigenvalue weighted by atomic mass is 10.2. The van der Waals surface area contributed by atoms with Crippen molar-refractivity contribution < 1.29 is 26.8 Å². The molecule has 1 aromatic heterocycles. The Hall–Kier alpha value is -2.95. The van der Waals surface area contributed by atoms with Crippen LogP contribution in [-0.4, -0.2) is 30.6 Å². The predicted octanol–water partition coefficient (Wildman–Crippen LogP) is 3.55. The van der Waals surface area contributed by atoms with Crippen molar-refractivity contribution >= 4 is 38.9 Å². The van der Waals surface area contributed by atoms with Gasteiger partial charge >= 0.3 is 0 Å². The van der Waals surface area contributed by atoms with E-state index in [1.165, 1.54) is 42.5 Å². The highest BCUT2D eigenvalue weighted by Gasteiger charge is 2.47. The minimum Gasteiger partial charge on any atom is -0.274 e. The van der Waals surface area contributed by atoms with Crippen molar-refractivity contribution in [3.8, 4) is 0 Å². The van der Waals surface area contributed by atoms with Crippen molar-refractivity contribution in [3.05, 3.63) is 83.2 Å². The van der Waals surface area contributed by atoms with E-state index < -0.39 is 39.5 Å². The molecular weight excluding hydrogens is 446 g/mol. The highest BCUT2D eigenvalue weighted by Crippen LogP contribution is 2.32. The lowest BCUT2D eigenvalue weighted by Gasteiger charge is -2.26. The fourth-order valence-corrected chi connectivity index (χ4v) is 6.05. The largest absolute Gasteiger partial charge is 0.274 e. The molecule has 0 radical (unpaired) electrons. The summed E-state index contributed by atoms with van der Waals surface area (Å²) in [5, 5.41) is 1.59. The van der Waals surface area contributed by atoms with Gasteiger partial charge < -0.3 is 0 Å². The van der Waals surface area contributed by atoms with E-state index >= 15 is 0 Å². The van der Waals surface area contributed by atoms with Crippen LogP contribution in [0.25, 0.3) is 0 Å². The van der Waals surface area contributed by atoms with Gasteiger partial charge in [0, 0.05) is 6.54 Å². The highest BCUT2D eigenvalue weighted by atomic mass is 32.2. The van der Waals surface area contributed by atoms with Gasteiger partial charge in [0.05, 0.1) is 12.1 Å². The molecule has 2 amide bonds. The second-order valence-electron chi connectivity index (χ2n) is 6.87. The summed E-state index contributed by atoms with van der Waals surface area (Å²) in [6, 6.07) is 11.7. The molecule has 0 saturated carbocycles. The van der Waals surface area contributed by atoms with E-state index in [-0.39, 0.29) is 22.9 Å². The molecule has 1 saturated heterocycles. The van der Waals surface area contributed by atoms with Gasteiger partial charge in [-0.25, -0.2) is 22.1 Å². The molecule has 0 aliphatic carbocycles. The van der Waals surface area contributed by atoms with Gasteiger partial charge in [0.25, 0.3) is 15.9 Å². The first-order chi connectivity index (χ1) is 14.8. The molecular formula is C21H16F2N2O4S2. The maximum absolute atomic E-state index is 13.3. The van der Waals surface area contributed by atoms with Crippen LogP contribution < -0.4 is 4.90 Å². The first-order valence-electron chi connectivity index (χ1n) is 9.19. The standard InChI is InChI=1S/C21H16F2N2O4S2/c22-15-5-3-14(4-6-15)13-24(31(28,29)20-2-1-11-30-20)18-12-19(26)25(21(18)27)17-9-7-16(23)8-10-17/h1-11,18H,12-13H2. The third-order valence-electron chi connectivity index (χ3n) is 4.86. The number of hydrogen-bond donors (Lipinski definition) is 0. The molecule has 6 nitrogen and oxygen atoms in total. The molecule has 1 fully saturated rings. The summed E-state index contributed by atoms with van der Waals surface area (Å²) < 4.78 is 54.2. The summed E-state index contributed by atoms with van der Waals surface area (Å²) in [5.74, 6) is -2.32. The second-order valence-corrected chi connectivity index (χ2v) is 9.94. The number of nitrogens with zero attached hydrogens (tertiary/aromatic N) is 2. The summed E-state index contributed by atoms with van der Waals surface area (Å²) in [5.41, 5.74) is 0.621. The minimum atomic E-state index is -4.12. The van der Waals surface area contributed by atoms with Crippen molar-refractivity contribution in [3.63, 3.8) is 0 Å². The molecule has 160 valence electrons. The number of anilines is 1. The highest BCUT2D eigenvalue weighted by molar-refractivity contribution is 7.91. The number of halogens is 2. The van der Waals surface area contributed by atoms with Gasteiger partial charge in [-0.05, 0) is 53.4 Å². The Morgan fingerprint density at radius 2 is 1.58 bits per heavy atom. The average molecular weight is 462 g/mol. The molecule has 2 heterocycles. The van der Waals surface area contributed by atoms with Crippen LogP contribution in [0, 0.1) is 11.6 Å². The Balaban J connectivity index is 1.72. The normalized spacial score (nSPS) is 17.0. The van der Waals surface area contributed by atoms with E-state index in [1.807, 2.05) is 0 Å². The van der Waals surface area contributed by atoms with Crippen molar-refractivity contribution in [2.75, 3.05) is 4.90 Å². The second kappa shape index (κ2) is 8.29. The van der Waals surface area contributed by atoms with Crippen LogP contribution in [0.2, 0.25) is 0 Å². The molecule has 0 spiro atoms. The Morgan fingerprint density at radius 3 is 2.16 bits per heavy atom. The number of benzene rings is 2. The first kappa shape index (κ1) is 21.3. The van der Waals surface area contributed by atoms with Crippen molar-refractivity contribution in [2.24, 2.45) is 0 Å². The summed E-state index contributed by atoms with van der Waals surface area (Å²) in [4.78, 5) is 26.7. The van der Waals surface area contributed by atoms with E-state index in [2.05, 4.69) is 0 Å². The quantitative estimate of drug-likeness (QED) is 0.525. The number of hydrogen-bond acceptors (Lipinski definition) is 5. The van der Waals surface area contributed by atoms with E-state index in [0.29, 0.717) is 5.56 Å². The smallest absolute Gasteiger partial charge is 0.253 e.